The number of carbonyl (C=O) groups excluding carboxylic acids is 1. The van der Waals surface area contributed by atoms with Crippen LogP contribution in [0.5, 0.6) is 0 Å². The summed E-state index contributed by atoms with van der Waals surface area (Å²) in [7, 11) is 0. The van der Waals surface area contributed by atoms with Crippen LogP contribution in [0, 0.1) is 12.8 Å². The van der Waals surface area contributed by atoms with E-state index in [0.29, 0.717) is 6.42 Å². The first-order chi connectivity index (χ1) is 10.1. The number of H-pyrrole nitrogens is 1. The van der Waals surface area contributed by atoms with Gasteiger partial charge in [-0.3, -0.25) is 9.89 Å². The number of nitrogens with zero attached hydrogens (tertiary/aromatic N) is 2. The number of rotatable bonds is 3. The van der Waals surface area contributed by atoms with Crippen LogP contribution in [0.2, 0.25) is 0 Å². The number of aliphatic hydroxyl groups is 1. The predicted molar refractivity (Wildman–Crippen MR) is 79.7 cm³/mol. The summed E-state index contributed by atoms with van der Waals surface area (Å²) < 4.78 is 0. The van der Waals surface area contributed by atoms with Gasteiger partial charge in [0, 0.05) is 24.2 Å². The summed E-state index contributed by atoms with van der Waals surface area (Å²) in [5, 5.41) is 17.3. The van der Waals surface area contributed by atoms with Crippen LogP contribution in [0.15, 0.2) is 6.07 Å². The number of aryl methyl sites for hydroxylation is 1. The van der Waals surface area contributed by atoms with Gasteiger partial charge >= 0.3 is 0 Å². The third-order valence-electron chi connectivity index (χ3n) is 4.99. The van der Waals surface area contributed by atoms with Crippen LogP contribution in [0.4, 0.5) is 0 Å². The predicted octanol–water partition coefficient (Wildman–Crippen LogP) is 1.80. The average molecular weight is 291 g/mol. The number of hydrogen-bond donors (Lipinski definition) is 2. The Morgan fingerprint density at radius 3 is 2.90 bits per heavy atom. The first kappa shape index (κ1) is 14.6. The van der Waals surface area contributed by atoms with Gasteiger partial charge < -0.3 is 10.0 Å². The number of aromatic amines is 1. The van der Waals surface area contributed by atoms with Gasteiger partial charge in [0.1, 0.15) is 0 Å². The molecule has 0 aromatic carbocycles. The number of aromatic nitrogens is 2. The lowest BCUT2D eigenvalue weighted by Gasteiger charge is -2.37. The van der Waals surface area contributed by atoms with E-state index >= 15 is 0 Å². The number of aliphatic hydroxyl groups excluding tert-OH is 1. The lowest BCUT2D eigenvalue weighted by Crippen LogP contribution is -2.45. The van der Waals surface area contributed by atoms with Crippen LogP contribution >= 0.6 is 0 Å². The van der Waals surface area contributed by atoms with Gasteiger partial charge in [0.05, 0.1) is 18.2 Å². The standard InChI is InChI=1S/C16H25N3O2/c1-11-9-12(18-17-11)10-16(21)19-8-4-6-14(19)13-5-2-3-7-15(13)20/h9,13-15,20H,2-8,10H2,1H3,(H,17,18)/t13-,14-,15+/m1/s1. The average Bonchev–Trinajstić information content (AvgIpc) is 3.08. The molecule has 1 aromatic heterocycles. The van der Waals surface area contributed by atoms with Gasteiger partial charge in [0.25, 0.3) is 0 Å². The zero-order chi connectivity index (χ0) is 14.8. The van der Waals surface area contributed by atoms with E-state index in [9.17, 15) is 9.90 Å². The molecule has 0 unspecified atom stereocenters. The summed E-state index contributed by atoms with van der Waals surface area (Å²) in [4.78, 5) is 14.6. The Hall–Kier alpha value is -1.36. The molecule has 1 amide bonds. The Morgan fingerprint density at radius 1 is 1.38 bits per heavy atom. The minimum atomic E-state index is -0.232. The molecule has 2 heterocycles. The fraction of sp³-hybridized carbons (Fsp3) is 0.750. The van der Waals surface area contributed by atoms with Gasteiger partial charge in [-0.05, 0) is 38.7 Å². The topological polar surface area (TPSA) is 69.2 Å². The van der Waals surface area contributed by atoms with Crippen molar-refractivity contribution in [3.05, 3.63) is 17.5 Å². The van der Waals surface area contributed by atoms with Crippen LogP contribution in [-0.4, -0.2) is 44.8 Å². The number of nitrogens with one attached hydrogen (secondary N) is 1. The Labute approximate surface area is 125 Å². The second kappa shape index (κ2) is 6.18. The first-order valence-electron chi connectivity index (χ1n) is 8.13. The third-order valence-corrected chi connectivity index (χ3v) is 4.99. The molecule has 2 fully saturated rings. The third kappa shape index (κ3) is 3.12. The van der Waals surface area contributed by atoms with Gasteiger partial charge in [0.2, 0.25) is 5.91 Å². The first-order valence-corrected chi connectivity index (χ1v) is 8.13. The van der Waals surface area contributed by atoms with E-state index in [1.54, 1.807) is 0 Å². The van der Waals surface area contributed by atoms with Crippen molar-refractivity contribution < 1.29 is 9.90 Å². The maximum Gasteiger partial charge on any atom is 0.228 e. The number of amides is 1. The molecule has 1 saturated heterocycles. The molecule has 116 valence electrons. The summed E-state index contributed by atoms with van der Waals surface area (Å²) in [6.45, 7) is 2.77. The normalized spacial score (nSPS) is 29.8. The number of likely N-dealkylation sites (tertiary alicyclic amines) is 1. The lowest BCUT2D eigenvalue weighted by atomic mass is 9.80. The Bertz CT molecular complexity index is 499. The molecule has 1 aromatic rings. The monoisotopic (exact) mass is 291 g/mol. The van der Waals surface area contributed by atoms with E-state index in [0.717, 1.165) is 50.0 Å². The Morgan fingerprint density at radius 2 is 2.19 bits per heavy atom. The van der Waals surface area contributed by atoms with E-state index in [2.05, 4.69) is 10.2 Å². The van der Waals surface area contributed by atoms with Crippen molar-refractivity contribution in [1.29, 1.82) is 0 Å². The minimum Gasteiger partial charge on any atom is -0.393 e. The van der Waals surface area contributed by atoms with Crippen molar-refractivity contribution in [2.24, 2.45) is 5.92 Å². The highest BCUT2D eigenvalue weighted by Crippen LogP contribution is 2.34. The summed E-state index contributed by atoms with van der Waals surface area (Å²) in [6, 6.07) is 2.16. The number of hydrogen-bond acceptors (Lipinski definition) is 3. The lowest BCUT2D eigenvalue weighted by molar-refractivity contribution is -0.133. The summed E-state index contributed by atoms with van der Waals surface area (Å²) in [5.74, 6) is 0.424. The summed E-state index contributed by atoms with van der Waals surface area (Å²) >= 11 is 0. The Kier molecular flexibility index (Phi) is 4.29. The molecular weight excluding hydrogens is 266 g/mol. The fourth-order valence-corrected chi connectivity index (χ4v) is 3.96. The molecule has 3 atom stereocenters. The SMILES string of the molecule is Cc1cc(CC(=O)N2CCC[C@@H]2[C@H]2CCCC[C@@H]2O)n[nH]1. The molecule has 1 saturated carbocycles. The molecular formula is C16H25N3O2. The highest BCUT2D eigenvalue weighted by molar-refractivity contribution is 5.79. The molecule has 21 heavy (non-hydrogen) atoms. The van der Waals surface area contributed by atoms with Crippen LogP contribution in [0.3, 0.4) is 0 Å². The maximum absolute atomic E-state index is 12.6. The van der Waals surface area contributed by atoms with Crippen molar-refractivity contribution in [2.45, 2.75) is 64.0 Å². The van der Waals surface area contributed by atoms with Gasteiger partial charge in [0.15, 0.2) is 0 Å². The molecule has 0 radical (unpaired) electrons. The highest BCUT2D eigenvalue weighted by atomic mass is 16.3. The van der Waals surface area contributed by atoms with Crippen molar-refractivity contribution >= 4 is 5.91 Å². The van der Waals surface area contributed by atoms with Crippen molar-refractivity contribution in [2.75, 3.05) is 6.54 Å². The molecule has 1 aliphatic heterocycles. The van der Waals surface area contributed by atoms with Crippen LogP contribution in [0.25, 0.3) is 0 Å². The number of carbonyl (C=O) groups is 1. The summed E-state index contributed by atoms with van der Waals surface area (Å²) in [5.41, 5.74) is 1.80. The molecule has 0 spiro atoms. The van der Waals surface area contributed by atoms with Gasteiger partial charge in [-0.1, -0.05) is 12.8 Å². The van der Waals surface area contributed by atoms with Crippen molar-refractivity contribution in [3.63, 3.8) is 0 Å². The van der Waals surface area contributed by atoms with E-state index in [-0.39, 0.29) is 24.0 Å². The molecule has 5 nitrogen and oxygen atoms in total. The van der Waals surface area contributed by atoms with Gasteiger partial charge in [-0.2, -0.15) is 5.10 Å². The maximum atomic E-state index is 12.6. The molecule has 5 heteroatoms. The Balaban J connectivity index is 1.66. The van der Waals surface area contributed by atoms with E-state index in [4.69, 9.17) is 0 Å². The molecule has 0 bridgehead atoms. The smallest absolute Gasteiger partial charge is 0.228 e. The largest absolute Gasteiger partial charge is 0.393 e. The van der Waals surface area contributed by atoms with Crippen molar-refractivity contribution in [1.82, 2.24) is 15.1 Å². The van der Waals surface area contributed by atoms with Crippen LogP contribution in [-0.2, 0) is 11.2 Å². The van der Waals surface area contributed by atoms with E-state index < -0.39 is 0 Å². The minimum absolute atomic E-state index is 0.154. The van der Waals surface area contributed by atoms with Gasteiger partial charge in [-0.15, -0.1) is 0 Å². The zero-order valence-corrected chi connectivity index (χ0v) is 12.7. The van der Waals surface area contributed by atoms with E-state index in [1.165, 1.54) is 6.42 Å². The highest BCUT2D eigenvalue weighted by Gasteiger charge is 2.38. The molecule has 2 N–H and O–H groups in total. The quantitative estimate of drug-likeness (QED) is 0.892. The molecule has 2 aliphatic rings. The van der Waals surface area contributed by atoms with Crippen LogP contribution in [0.1, 0.15) is 49.9 Å². The van der Waals surface area contributed by atoms with Crippen molar-refractivity contribution in [3.8, 4) is 0 Å². The van der Waals surface area contributed by atoms with E-state index in [1.807, 2.05) is 17.9 Å². The second-order valence-corrected chi connectivity index (χ2v) is 6.53. The fourth-order valence-electron chi connectivity index (χ4n) is 3.96. The molecule has 1 aliphatic carbocycles. The molecule has 3 rings (SSSR count). The van der Waals surface area contributed by atoms with Crippen LogP contribution < -0.4 is 0 Å². The van der Waals surface area contributed by atoms with Gasteiger partial charge in [-0.25, -0.2) is 0 Å². The zero-order valence-electron chi connectivity index (χ0n) is 12.7. The second-order valence-electron chi connectivity index (χ2n) is 6.53. The summed E-state index contributed by atoms with van der Waals surface area (Å²) in [6.07, 6.45) is 6.46.